The van der Waals surface area contributed by atoms with E-state index in [0.717, 1.165) is 17.4 Å². The maximum atomic E-state index is 10.3. The maximum absolute atomic E-state index is 10.3. The Bertz CT molecular complexity index is 618. The van der Waals surface area contributed by atoms with E-state index in [4.69, 9.17) is 0 Å². The Balaban J connectivity index is 1.71. The summed E-state index contributed by atoms with van der Waals surface area (Å²) in [6, 6.07) is 7.83. The molecule has 23 heavy (non-hydrogen) atoms. The third kappa shape index (κ3) is 5.70. The predicted molar refractivity (Wildman–Crippen MR) is 99.7 cm³/mol. The van der Waals surface area contributed by atoms with Gasteiger partial charge in [0, 0.05) is 17.1 Å². The summed E-state index contributed by atoms with van der Waals surface area (Å²) in [5.41, 5.74) is 1.54. The van der Waals surface area contributed by atoms with E-state index in [1.807, 2.05) is 30.3 Å². The van der Waals surface area contributed by atoms with Crippen LogP contribution in [0, 0.1) is 0 Å². The van der Waals surface area contributed by atoms with Crippen LogP contribution in [-0.2, 0) is 0 Å². The lowest BCUT2D eigenvalue weighted by Crippen LogP contribution is -1.82. The summed E-state index contributed by atoms with van der Waals surface area (Å²) in [6.07, 6.45) is 17.7. The van der Waals surface area contributed by atoms with Gasteiger partial charge in [-0.3, -0.25) is 4.98 Å². The minimum absolute atomic E-state index is 0.287. The van der Waals surface area contributed by atoms with Crippen molar-refractivity contribution in [2.45, 2.75) is 64.7 Å². The third-order valence-electron chi connectivity index (χ3n) is 4.30. The Morgan fingerprint density at radius 1 is 0.957 bits per heavy atom. The molecule has 124 valence electrons. The van der Waals surface area contributed by atoms with E-state index in [1.54, 1.807) is 6.20 Å². The standard InChI is InChI=1S/C21H29NO/c1-2-3-4-5-6-7-8-9-10-11-13-19-16-15-18-14-12-17-22-20(18)21(19)23/h11-17,23H,2-10H2,1H3. The van der Waals surface area contributed by atoms with Gasteiger partial charge >= 0.3 is 0 Å². The fourth-order valence-electron chi connectivity index (χ4n) is 2.89. The quantitative estimate of drug-likeness (QED) is 0.509. The molecular formula is C21H29NO. The zero-order valence-corrected chi connectivity index (χ0v) is 14.3. The molecule has 1 N–H and O–H groups in total. The zero-order chi connectivity index (χ0) is 16.3. The Kier molecular flexibility index (Phi) is 7.65. The van der Waals surface area contributed by atoms with Gasteiger partial charge in [0.1, 0.15) is 11.3 Å². The highest BCUT2D eigenvalue weighted by atomic mass is 16.3. The minimum Gasteiger partial charge on any atom is -0.505 e. The predicted octanol–water partition coefficient (Wildman–Crippen LogP) is 6.48. The van der Waals surface area contributed by atoms with Gasteiger partial charge < -0.3 is 5.11 Å². The van der Waals surface area contributed by atoms with Gasteiger partial charge in [-0.25, -0.2) is 0 Å². The van der Waals surface area contributed by atoms with E-state index < -0.39 is 0 Å². The molecule has 0 amide bonds. The molecule has 0 unspecified atom stereocenters. The lowest BCUT2D eigenvalue weighted by atomic mass is 10.1. The van der Waals surface area contributed by atoms with E-state index in [2.05, 4.69) is 18.0 Å². The average molecular weight is 311 g/mol. The fourth-order valence-corrected chi connectivity index (χ4v) is 2.89. The molecule has 0 saturated carbocycles. The summed E-state index contributed by atoms with van der Waals surface area (Å²) in [4.78, 5) is 4.26. The molecular weight excluding hydrogens is 282 g/mol. The Morgan fingerprint density at radius 3 is 2.48 bits per heavy atom. The van der Waals surface area contributed by atoms with Crippen LogP contribution in [-0.4, -0.2) is 10.1 Å². The molecule has 2 aromatic rings. The normalized spacial score (nSPS) is 11.5. The van der Waals surface area contributed by atoms with Crippen molar-refractivity contribution < 1.29 is 5.11 Å². The molecule has 1 heterocycles. The van der Waals surface area contributed by atoms with Crippen LogP contribution in [0.3, 0.4) is 0 Å². The number of nitrogens with zero attached hydrogens (tertiary/aromatic N) is 1. The number of allylic oxidation sites excluding steroid dienone is 1. The van der Waals surface area contributed by atoms with Crippen LogP contribution in [0.2, 0.25) is 0 Å². The highest BCUT2D eigenvalue weighted by molar-refractivity contribution is 5.87. The van der Waals surface area contributed by atoms with E-state index >= 15 is 0 Å². The van der Waals surface area contributed by atoms with E-state index in [1.165, 1.54) is 51.4 Å². The number of pyridine rings is 1. The van der Waals surface area contributed by atoms with Crippen molar-refractivity contribution in [3.63, 3.8) is 0 Å². The molecule has 0 aliphatic heterocycles. The number of rotatable bonds is 10. The lowest BCUT2D eigenvalue weighted by molar-refractivity contribution is 0.479. The molecule has 0 bridgehead atoms. The van der Waals surface area contributed by atoms with Crippen LogP contribution in [0.1, 0.15) is 70.3 Å². The summed E-state index contributed by atoms with van der Waals surface area (Å²) in [5, 5.41) is 11.3. The molecule has 0 atom stereocenters. The number of fused-ring (bicyclic) bond motifs is 1. The highest BCUT2D eigenvalue weighted by Crippen LogP contribution is 2.27. The average Bonchev–Trinajstić information content (AvgIpc) is 2.58. The van der Waals surface area contributed by atoms with Gasteiger partial charge in [0.15, 0.2) is 0 Å². The van der Waals surface area contributed by atoms with Gasteiger partial charge in [-0.15, -0.1) is 0 Å². The number of hydrogen-bond donors (Lipinski definition) is 1. The molecule has 1 aromatic carbocycles. The maximum Gasteiger partial charge on any atom is 0.148 e. The van der Waals surface area contributed by atoms with Gasteiger partial charge in [0.25, 0.3) is 0 Å². The van der Waals surface area contributed by atoms with Crippen LogP contribution in [0.4, 0.5) is 0 Å². The van der Waals surface area contributed by atoms with Crippen LogP contribution in [0.25, 0.3) is 17.0 Å². The second kappa shape index (κ2) is 10.0. The Morgan fingerprint density at radius 2 is 1.70 bits per heavy atom. The molecule has 2 heteroatoms. The first-order valence-electron chi connectivity index (χ1n) is 9.06. The summed E-state index contributed by atoms with van der Waals surface area (Å²) < 4.78 is 0. The van der Waals surface area contributed by atoms with Crippen molar-refractivity contribution in [1.29, 1.82) is 0 Å². The second-order valence-electron chi connectivity index (χ2n) is 6.24. The molecule has 2 nitrogen and oxygen atoms in total. The SMILES string of the molecule is CCCCCCCCCCC=Cc1ccc2cccnc2c1O. The second-order valence-corrected chi connectivity index (χ2v) is 6.24. The van der Waals surface area contributed by atoms with Crippen LogP contribution in [0.15, 0.2) is 36.5 Å². The monoisotopic (exact) mass is 311 g/mol. The first-order valence-corrected chi connectivity index (χ1v) is 9.06. The number of unbranched alkanes of at least 4 members (excludes halogenated alkanes) is 8. The Hall–Kier alpha value is -1.83. The van der Waals surface area contributed by atoms with Crippen molar-refractivity contribution in [3.8, 4) is 5.75 Å². The minimum atomic E-state index is 0.287. The smallest absolute Gasteiger partial charge is 0.148 e. The molecule has 2 rings (SSSR count). The van der Waals surface area contributed by atoms with Crippen molar-refractivity contribution in [2.75, 3.05) is 0 Å². The van der Waals surface area contributed by atoms with Crippen molar-refractivity contribution in [1.82, 2.24) is 4.98 Å². The molecule has 0 aliphatic carbocycles. The summed E-state index contributed by atoms with van der Waals surface area (Å²) >= 11 is 0. The molecule has 0 radical (unpaired) electrons. The van der Waals surface area contributed by atoms with E-state index in [0.29, 0.717) is 5.52 Å². The fraction of sp³-hybridized carbons (Fsp3) is 0.476. The van der Waals surface area contributed by atoms with Crippen LogP contribution in [0.5, 0.6) is 5.75 Å². The first kappa shape index (κ1) is 17.5. The number of aromatic hydroxyl groups is 1. The van der Waals surface area contributed by atoms with Crippen LogP contribution >= 0.6 is 0 Å². The van der Waals surface area contributed by atoms with Crippen molar-refractivity contribution >= 4 is 17.0 Å². The molecule has 1 aromatic heterocycles. The van der Waals surface area contributed by atoms with Crippen molar-refractivity contribution in [3.05, 3.63) is 42.1 Å². The number of phenolic OH excluding ortho intramolecular Hbond substituents is 1. The third-order valence-corrected chi connectivity index (χ3v) is 4.30. The van der Waals surface area contributed by atoms with Gasteiger partial charge in [-0.05, 0) is 18.9 Å². The molecule has 0 fully saturated rings. The molecule has 0 aliphatic rings. The van der Waals surface area contributed by atoms with Gasteiger partial charge in [-0.2, -0.15) is 0 Å². The lowest BCUT2D eigenvalue weighted by Gasteiger charge is -2.03. The summed E-state index contributed by atoms with van der Waals surface area (Å²) in [7, 11) is 0. The zero-order valence-electron chi connectivity index (χ0n) is 14.3. The number of phenols is 1. The summed E-state index contributed by atoms with van der Waals surface area (Å²) in [6.45, 7) is 2.26. The topological polar surface area (TPSA) is 33.1 Å². The van der Waals surface area contributed by atoms with Gasteiger partial charge in [0.2, 0.25) is 0 Å². The van der Waals surface area contributed by atoms with Crippen molar-refractivity contribution in [2.24, 2.45) is 0 Å². The van der Waals surface area contributed by atoms with E-state index in [-0.39, 0.29) is 5.75 Å². The number of hydrogen-bond acceptors (Lipinski definition) is 2. The number of benzene rings is 1. The Labute approximate surface area is 140 Å². The van der Waals surface area contributed by atoms with Gasteiger partial charge in [0.05, 0.1) is 0 Å². The first-order chi connectivity index (χ1) is 11.3. The largest absolute Gasteiger partial charge is 0.505 e. The van der Waals surface area contributed by atoms with E-state index in [9.17, 15) is 5.11 Å². The summed E-state index contributed by atoms with van der Waals surface area (Å²) in [5.74, 6) is 0.287. The van der Waals surface area contributed by atoms with Crippen LogP contribution < -0.4 is 0 Å². The molecule has 0 spiro atoms. The molecule has 0 saturated heterocycles. The number of aromatic nitrogens is 1. The highest BCUT2D eigenvalue weighted by Gasteiger charge is 2.04. The van der Waals surface area contributed by atoms with Gasteiger partial charge in [-0.1, -0.05) is 82.2 Å².